The van der Waals surface area contributed by atoms with Crippen LogP contribution < -0.4 is 14.8 Å². The second-order valence-electron chi connectivity index (χ2n) is 4.87. The summed E-state index contributed by atoms with van der Waals surface area (Å²) in [7, 11) is -2.58. The van der Waals surface area contributed by atoms with Gasteiger partial charge in [0.25, 0.3) is 15.9 Å². The summed E-state index contributed by atoms with van der Waals surface area (Å²) in [6.07, 6.45) is 0. The number of hydrogen-bond donors (Lipinski definition) is 2. The summed E-state index contributed by atoms with van der Waals surface area (Å²) in [5, 5.41) is 2.53. The molecule has 0 saturated carbocycles. The van der Waals surface area contributed by atoms with Crippen molar-refractivity contribution in [2.24, 2.45) is 0 Å². The quantitative estimate of drug-likeness (QED) is 0.857. The Bertz CT molecular complexity index is 860. The topological polar surface area (TPSA) is 102 Å². The fourth-order valence-corrected chi connectivity index (χ4v) is 2.90. The molecule has 0 bridgehead atoms. The lowest BCUT2D eigenvalue weighted by Crippen LogP contribution is -2.30. The molecule has 0 aliphatic carbocycles. The van der Waals surface area contributed by atoms with Gasteiger partial charge in [-0.15, -0.1) is 0 Å². The smallest absolute Gasteiger partial charge is 0.265 e. The maximum atomic E-state index is 12.3. The Kier molecular flexibility index (Phi) is 5.20. The summed E-state index contributed by atoms with van der Waals surface area (Å²) in [5.74, 6) is -0.587. The molecular weight excluding hydrogens is 332 g/mol. The van der Waals surface area contributed by atoms with Crippen LogP contribution in [0.15, 0.2) is 53.4 Å². The van der Waals surface area contributed by atoms with Gasteiger partial charge >= 0.3 is 0 Å². The average molecular weight is 348 g/mol. The normalized spacial score (nSPS) is 10.8. The summed E-state index contributed by atoms with van der Waals surface area (Å²) in [4.78, 5) is 23.0. The maximum absolute atomic E-state index is 12.3. The van der Waals surface area contributed by atoms with Crippen molar-refractivity contribution in [2.45, 2.75) is 11.8 Å². The highest BCUT2D eigenvalue weighted by molar-refractivity contribution is 7.90. The van der Waals surface area contributed by atoms with Gasteiger partial charge in [-0.05, 0) is 42.5 Å². The molecule has 0 heterocycles. The summed E-state index contributed by atoms with van der Waals surface area (Å²) >= 11 is 0. The Hall–Kier alpha value is -2.87. The Balaban J connectivity index is 2.18. The predicted molar refractivity (Wildman–Crippen MR) is 88.4 cm³/mol. The zero-order chi connectivity index (χ0) is 17.7. The lowest BCUT2D eigenvalue weighted by Gasteiger charge is -2.09. The zero-order valence-corrected chi connectivity index (χ0v) is 13.9. The van der Waals surface area contributed by atoms with Crippen molar-refractivity contribution in [3.63, 3.8) is 0 Å². The Morgan fingerprint density at radius 3 is 2.29 bits per heavy atom. The molecule has 8 heteroatoms. The first-order valence-electron chi connectivity index (χ1n) is 6.90. The van der Waals surface area contributed by atoms with Crippen LogP contribution in [-0.4, -0.2) is 27.3 Å². The number of rotatable bonds is 5. The molecule has 126 valence electrons. The van der Waals surface area contributed by atoms with Crippen LogP contribution in [0.3, 0.4) is 0 Å². The number of anilines is 1. The summed E-state index contributed by atoms with van der Waals surface area (Å²) < 4.78 is 31.5. The van der Waals surface area contributed by atoms with E-state index >= 15 is 0 Å². The molecule has 2 aromatic rings. The molecule has 0 saturated heterocycles. The van der Waals surface area contributed by atoms with E-state index in [-0.39, 0.29) is 16.4 Å². The van der Waals surface area contributed by atoms with Crippen molar-refractivity contribution >= 4 is 27.5 Å². The van der Waals surface area contributed by atoms with Crippen molar-refractivity contribution in [2.75, 3.05) is 12.4 Å². The molecule has 0 fully saturated rings. The van der Waals surface area contributed by atoms with Crippen LogP contribution in [0, 0.1) is 0 Å². The Morgan fingerprint density at radius 2 is 1.71 bits per heavy atom. The van der Waals surface area contributed by atoms with Crippen LogP contribution in [-0.2, 0) is 14.8 Å². The third kappa shape index (κ3) is 4.32. The van der Waals surface area contributed by atoms with Crippen molar-refractivity contribution in [1.82, 2.24) is 4.72 Å². The number of methoxy groups -OCH3 is 1. The number of benzene rings is 2. The highest BCUT2D eigenvalue weighted by Gasteiger charge is 2.19. The molecule has 2 amide bonds. The van der Waals surface area contributed by atoms with E-state index in [0.29, 0.717) is 11.4 Å². The first kappa shape index (κ1) is 17.5. The van der Waals surface area contributed by atoms with E-state index in [9.17, 15) is 18.0 Å². The molecule has 2 N–H and O–H groups in total. The minimum atomic E-state index is -4.03. The Morgan fingerprint density at radius 1 is 1.04 bits per heavy atom. The van der Waals surface area contributed by atoms with Crippen molar-refractivity contribution in [3.05, 3.63) is 54.1 Å². The van der Waals surface area contributed by atoms with Gasteiger partial charge in [0.2, 0.25) is 5.91 Å². The summed E-state index contributed by atoms with van der Waals surface area (Å²) in [6.45, 7) is 1.35. The lowest BCUT2D eigenvalue weighted by molar-refractivity contribution is -0.114. The molecule has 0 aliphatic rings. The lowest BCUT2D eigenvalue weighted by atomic mass is 10.2. The fraction of sp³-hybridized carbons (Fsp3) is 0.125. The first-order valence-corrected chi connectivity index (χ1v) is 8.39. The van der Waals surface area contributed by atoms with E-state index < -0.39 is 15.9 Å². The van der Waals surface area contributed by atoms with E-state index in [1.165, 1.54) is 50.4 Å². The standard InChI is InChI=1S/C16H16N2O5S/c1-11(19)17-13-6-8-15(9-7-13)24(21,22)18-16(20)12-4-3-5-14(10-12)23-2/h3-10H,1-2H3,(H,17,19)(H,18,20). The molecule has 0 spiro atoms. The predicted octanol–water partition coefficient (Wildman–Crippen LogP) is 1.77. The van der Waals surface area contributed by atoms with Crippen LogP contribution in [0.25, 0.3) is 0 Å². The second-order valence-corrected chi connectivity index (χ2v) is 6.55. The molecule has 0 radical (unpaired) electrons. The van der Waals surface area contributed by atoms with Gasteiger partial charge in [-0.25, -0.2) is 13.1 Å². The second kappa shape index (κ2) is 7.14. The summed E-state index contributed by atoms with van der Waals surface area (Å²) in [5.41, 5.74) is 0.619. The van der Waals surface area contributed by atoms with E-state index in [1.807, 2.05) is 4.72 Å². The number of carbonyl (C=O) groups is 2. The average Bonchev–Trinajstić information content (AvgIpc) is 2.54. The molecule has 0 unspecified atom stereocenters. The molecule has 2 rings (SSSR count). The van der Waals surface area contributed by atoms with Crippen molar-refractivity contribution in [1.29, 1.82) is 0 Å². The third-order valence-corrected chi connectivity index (χ3v) is 4.39. The number of ether oxygens (including phenoxy) is 1. The maximum Gasteiger partial charge on any atom is 0.265 e. The van der Waals surface area contributed by atoms with Gasteiger partial charge in [-0.2, -0.15) is 0 Å². The van der Waals surface area contributed by atoms with Gasteiger partial charge in [0, 0.05) is 18.2 Å². The van der Waals surface area contributed by atoms with Crippen LogP contribution in [0.1, 0.15) is 17.3 Å². The van der Waals surface area contributed by atoms with E-state index in [1.54, 1.807) is 12.1 Å². The van der Waals surface area contributed by atoms with Gasteiger partial charge in [0.1, 0.15) is 5.75 Å². The van der Waals surface area contributed by atoms with E-state index in [2.05, 4.69) is 5.32 Å². The first-order chi connectivity index (χ1) is 11.3. The zero-order valence-electron chi connectivity index (χ0n) is 13.1. The number of sulfonamides is 1. The van der Waals surface area contributed by atoms with Crippen LogP contribution >= 0.6 is 0 Å². The van der Waals surface area contributed by atoms with Gasteiger partial charge in [-0.1, -0.05) is 6.07 Å². The van der Waals surface area contributed by atoms with Gasteiger partial charge < -0.3 is 10.1 Å². The highest BCUT2D eigenvalue weighted by Crippen LogP contribution is 2.16. The SMILES string of the molecule is COc1cccc(C(=O)NS(=O)(=O)c2ccc(NC(C)=O)cc2)c1. The highest BCUT2D eigenvalue weighted by atomic mass is 32.2. The molecule has 0 aromatic heterocycles. The molecule has 0 aliphatic heterocycles. The molecule has 7 nitrogen and oxygen atoms in total. The largest absolute Gasteiger partial charge is 0.497 e. The van der Waals surface area contributed by atoms with Gasteiger partial charge in [-0.3, -0.25) is 9.59 Å². The molecule has 0 atom stereocenters. The molecular formula is C16H16N2O5S. The third-order valence-electron chi connectivity index (χ3n) is 3.04. The summed E-state index contributed by atoms with van der Waals surface area (Å²) in [6, 6.07) is 11.6. The van der Waals surface area contributed by atoms with Crippen molar-refractivity contribution < 1.29 is 22.7 Å². The minimum absolute atomic E-state index is 0.0900. The van der Waals surface area contributed by atoms with Gasteiger partial charge in [0.15, 0.2) is 0 Å². The number of amides is 2. The molecule has 24 heavy (non-hydrogen) atoms. The minimum Gasteiger partial charge on any atom is -0.497 e. The number of carbonyl (C=O) groups excluding carboxylic acids is 2. The monoisotopic (exact) mass is 348 g/mol. The van der Waals surface area contributed by atoms with Gasteiger partial charge in [0.05, 0.1) is 12.0 Å². The molecule has 2 aromatic carbocycles. The number of nitrogens with one attached hydrogen (secondary N) is 2. The van der Waals surface area contributed by atoms with E-state index in [0.717, 1.165) is 0 Å². The van der Waals surface area contributed by atoms with Crippen molar-refractivity contribution in [3.8, 4) is 5.75 Å². The van der Waals surface area contributed by atoms with Crippen LogP contribution in [0.2, 0.25) is 0 Å². The number of hydrogen-bond acceptors (Lipinski definition) is 5. The Labute approximate surface area is 139 Å². The van der Waals surface area contributed by atoms with Crippen LogP contribution in [0.5, 0.6) is 5.75 Å². The van der Waals surface area contributed by atoms with Crippen LogP contribution in [0.4, 0.5) is 5.69 Å². The van der Waals surface area contributed by atoms with E-state index in [4.69, 9.17) is 4.74 Å². The fourth-order valence-electron chi connectivity index (χ4n) is 1.92.